The zero-order chi connectivity index (χ0) is 14.7. The Morgan fingerprint density at radius 1 is 1.10 bits per heavy atom. The smallest absolute Gasteiger partial charge is 0.196 e. The first-order valence-corrected chi connectivity index (χ1v) is 7.44. The fraction of sp³-hybridized carbons (Fsp3) is 0.278. The van der Waals surface area contributed by atoms with E-state index in [4.69, 9.17) is 5.73 Å². The summed E-state index contributed by atoms with van der Waals surface area (Å²) in [6, 6.07) is 19.3. The van der Waals surface area contributed by atoms with E-state index in [1.165, 1.54) is 16.8 Å². The molecule has 2 aromatic carbocycles. The van der Waals surface area contributed by atoms with E-state index in [-0.39, 0.29) is 0 Å². The number of rotatable bonds is 4. The molecule has 0 bridgehead atoms. The van der Waals surface area contributed by atoms with Crippen LogP contribution in [0.3, 0.4) is 0 Å². The maximum atomic E-state index is 6.12. The van der Waals surface area contributed by atoms with Gasteiger partial charge in [0.05, 0.1) is 12.6 Å². The van der Waals surface area contributed by atoms with Crippen molar-refractivity contribution in [3.05, 3.63) is 65.7 Å². The first-order chi connectivity index (χ1) is 10.3. The average Bonchev–Trinajstić information content (AvgIpc) is 2.88. The van der Waals surface area contributed by atoms with Crippen LogP contribution in [0, 0.1) is 6.92 Å². The van der Waals surface area contributed by atoms with Crippen LogP contribution in [0.2, 0.25) is 0 Å². The molecule has 0 spiro atoms. The van der Waals surface area contributed by atoms with Crippen LogP contribution in [-0.4, -0.2) is 18.5 Å². The number of guanidine groups is 1. The number of aryl methyl sites for hydroxylation is 2. The minimum absolute atomic E-state index is 0.353. The summed E-state index contributed by atoms with van der Waals surface area (Å²) < 4.78 is 0. The molecule has 1 heterocycles. The van der Waals surface area contributed by atoms with Crippen molar-refractivity contribution in [3.8, 4) is 0 Å². The molecule has 1 atom stereocenters. The topological polar surface area (TPSA) is 41.6 Å². The lowest BCUT2D eigenvalue weighted by Crippen LogP contribution is -2.41. The van der Waals surface area contributed by atoms with Gasteiger partial charge in [-0.3, -0.25) is 4.99 Å². The van der Waals surface area contributed by atoms with Crippen molar-refractivity contribution in [3.63, 3.8) is 0 Å². The largest absolute Gasteiger partial charge is 0.370 e. The van der Waals surface area contributed by atoms with Gasteiger partial charge in [0.25, 0.3) is 0 Å². The molecule has 21 heavy (non-hydrogen) atoms. The summed E-state index contributed by atoms with van der Waals surface area (Å²) >= 11 is 0. The highest BCUT2D eigenvalue weighted by Gasteiger charge is 2.27. The third-order valence-electron chi connectivity index (χ3n) is 4.06. The van der Waals surface area contributed by atoms with Crippen LogP contribution in [0.1, 0.15) is 17.5 Å². The molecule has 1 aliphatic rings. The van der Waals surface area contributed by atoms with Crippen LogP contribution in [0.25, 0.3) is 0 Å². The second-order valence-corrected chi connectivity index (χ2v) is 5.53. The Hall–Kier alpha value is -2.29. The van der Waals surface area contributed by atoms with Crippen molar-refractivity contribution in [1.29, 1.82) is 0 Å². The van der Waals surface area contributed by atoms with Gasteiger partial charge in [-0.1, -0.05) is 48.5 Å². The predicted octanol–water partition coefficient (Wildman–Crippen LogP) is 3.13. The molecule has 108 valence electrons. The number of aliphatic imine (C=N–C) groups is 1. The summed E-state index contributed by atoms with van der Waals surface area (Å²) in [5, 5.41) is 0. The van der Waals surface area contributed by atoms with Crippen LogP contribution in [0.15, 0.2) is 59.6 Å². The Balaban J connectivity index is 1.75. The van der Waals surface area contributed by atoms with Crippen molar-refractivity contribution in [2.45, 2.75) is 25.8 Å². The highest BCUT2D eigenvalue weighted by atomic mass is 15.3. The summed E-state index contributed by atoms with van der Waals surface area (Å²) in [5.41, 5.74) is 9.90. The Morgan fingerprint density at radius 2 is 1.81 bits per heavy atom. The summed E-state index contributed by atoms with van der Waals surface area (Å²) in [7, 11) is 0. The number of anilines is 1. The second kappa shape index (κ2) is 6.00. The molecule has 3 rings (SSSR count). The maximum Gasteiger partial charge on any atom is 0.196 e. The van der Waals surface area contributed by atoms with E-state index < -0.39 is 0 Å². The monoisotopic (exact) mass is 279 g/mol. The molecule has 3 heteroatoms. The fourth-order valence-corrected chi connectivity index (χ4v) is 2.90. The summed E-state index contributed by atoms with van der Waals surface area (Å²) in [6.07, 6.45) is 2.11. The molecule has 0 aliphatic carbocycles. The Labute approximate surface area is 126 Å². The third kappa shape index (κ3) is 2.92. The summed E-state index contributed by atoms with van der Waals surface area (Å²) in [4.78, 5) is 6.64. The molecule has 1 aliphatic heterocycles. The van der Waals surface area contributed by atoms with Gasteiger partial charge >= 0.3 is 0 Å². The lowest BCUT2D eigenvalue weighted by Gasteiger charge is -2.27. The maximum absolute atomic E-state index is 6.12. The average molecular weight is 279 g/mol. The van der Waals surface area contributed by atoms with Gasteiger partial charge in [0.1, 0.15) is 0 Å². The Morgan fingerprint density at radius 3 is 2.57 bits per heavy atom. The third-order valence-corrected chi connectivity index (χ3v) is 4.06. The molecule has 3 nitrogen and oxygen atoms in total. The van der Waals surface area contributed by atoms with Crippen LogP contribution in [0.5, 0.6) is 0 Å². The first-order valence-electron chi connectivity index (χ1n) is 7.44. The molecule has 1 unspecified atom stereocenters. The molecular formula is C18H21N3. The van der Waals surface area contributed by atoms with Gasteiger partial charge < -0.3 is 10.6 Å². The number of para-hydroxylation sites is 1. The van der Waals surface area contributed by atoms with E-state index in [2.05, 4.69) is 71.4 Å². The van der Waals surface area contributed by atoms with E-state index in [1.54, 1.807) is 0 Å². The van der Waals surface area contributed by atoms with Crippen molar-refractivity contribution < 1.29 is 0 Å². The Bertz CT molecular complexity index is 634. The van der Waals surface area contributed by atoms with Crippen LogP contribution in [0.4, 0.5) is 5.69 Å². The van der Waals surface area contributed by atoms with Gasteiger partial charge in [0.2, 0.25) is 0 Å². The molecule has 0 saturated heterocycles. The van der Waals surface area contributed by atoms with Crippen molar-refractivity contribution in [2.24, 2.45) is 10.7 Å². The Kier molecular flexibility index (Phi) is 3.91. The molecule has 0 fully saturated rings. The van der Waals surface area contributed by atoms with Crippen LogP contribution in [-0.2, 0) is 6.42 Å². The number of hydrogen-bond donors (Lipinski definition) is 1. The number of nitrogens with zero attached hydrogens (tertiary/aromatic N) is 2. The predicted molar refractivity (Wildman–Crippen MR) is 88.7 cm³/mol. The zero-order valence-electron chi connectivity index (χ0n) is 12.4. The van der Waals surface area contributed by atoms with Gasteiger partial charge in [-0.2, -0.15) is 0 Å². The number of nitrogens with two attached hydrogens (primary N) is 1. The molecule has 0 radical (unpaired) electrons. The van der Waals surface area contributed by atoms with E-state index >= 15 is 0 Å². The lowest BCUT2D eigenvalue weighted by atomic mass is 10.0. The standard InChI is InChI=1S/C18H21N3/c1-14-7-5-6-10-17(14)21-16(13-20-18(21)19)12-11-15-8-3-2-4-9-15/h2-10,16H,11-13H2,1H3,(H2,19,20). The van der Waals surface area contributed by atoms with Gasteiger partial charge in [-0.15, -0.1) is 0 Å². The normalized spacial score (nSPS) is 17.9. The highest BCUT2D eigenvalue weighted by molar-refractivity contribution is 5.97. The van der Waals surface area contributed by atoms with Crippen LogP contribution >= 0.6 is 0 Å². The van der Waals surface area contributed by atoms with Gasteiger partial charge in [-0.25, -0.2) is 0 Å². The van der Waals surface area contributed by atoms with Gasteiger partial charge in [0, 0.05) is 5.69 Å². The van der Waals surface area contributed by atoms with E-state index in [0.29, 0.717) is 12.0 Å². The van der Waals surface area contributed by atoms with E-state index in [9.17, 15) is 0 Å². The second-order valence-electron chi connectivity index (χ2n) is 5.53. The lowest BCUT2D eigenvalue weighted by molar-refractivity contribution is 0.642. The molecule has 0 amide bonds. The number of benzene rings is 2. The van der Waals surface area contributed by atoms with Crippen molar-refractivity contribution in [1.82, 2.24) is 0 Å². The molecule has 0 aromatic heterocycles. The van der Waals surface area contributed by atoms with Gasteiger partial charge in [-0.05, 0) is 37.0 Å². The van der Waals surface area contributed by atoms with E-state index in [0.717, 1.165) is 19.4 Å². The minimum atomic E-state index is 0.353. The van der Waals surface area contributed by atoms with E-state index in [1.807, 2.05) is 0 Å². The molecule has 2 N–H and O–H groups in total. The quantitative estimate of drug-likeness (QED) is 0.934. The fourth-order valence-electron chi connectivity index (χ4n) is 2.90. The van der Waals surface area contributed by atoms with Crippen molar-refractivity contribution >= 4 is 11.6 Å². The van der Waals surface area contributed by atoms with Crippen LogP contribution < -0.4 is 10.6 Å². The first kappa shape index (κ1) is 13.7. The molecule has 0 saturated carbocycles. The summed E-state index contributed by atoms with van der Waals surface area (Å²) in [5.74, 6) is 0.641. The molecule has 2 aromatic rings. The van der Waals surface area contributed by atoms with Crippen molar-refractivity contribution in [2.75, 3.05) is 11.4 Å². The van der Waals surface area contributed by atoms with Gasteiger partial charge in [0.15, 0.2) is 5.96 Å². The SMILES string of the molecule is Cc1ccccc1N1C(N)=NCC1CCc1ccccc1. The number of hydrogen-bond acceptors (Lipinski definition) is 3. The minimum Gasteiger partial charge on any atom is -0.370 e. The zero-order valence-corrected chi connectivity index (χ0v) is 12.4. The summed E-state index contributed by atoms with van der Waals surface area (Å²) in [6.45, 7) is 2.90. The molecular weight excluding hydrogens is 258 g/mol. The highest BCUT2D eigenvalue weighted by Crippen LogP contribution is 2.26.